The number of nitrogens with one attached hydrogen (secondary N) is 1. The lowest BCUT2D eigenvalue weighted by Crippen LogP contribution is -2.35. The highest BCUT2D eigenvalue weighted by molar-refractivity contribution is 5.54. The Hall–Kier alpha value is -0.370. The molecule has 1 heterocycles. The molecule has 1 rings (SSSR count). The fourth-order valence-corrected chi connectivity index (χ4v) is 1.30. The standard InChI is InChI=1S/C7H13NO/c1-6-2-7(5-9)4-8-3-6/h5-8H,2-4H2,1H3. The maximum atomic E-state index is 10.3. The van der Waals surface area contributed by atoms with Crippen LogP contribution in [0.4, 0.5) is 0 Å². The number of hydrogen-bond acceptors (Lipinski definition) is 2. The number of carbonyl (C=O) groups excluding carboxylic acids is 1. The molecule has 0 radical (unpaired) electrons. The van der Waals surface area contributed by atoms with Crippen LogP contribution in [0.5, 0.6) is 0 Å². The van der Waals surface area contributed by atoms with Crippen molar-refractivity contribution in [2.24, 2.45) is 11.8 Å². The van der Waals surface area contributed by atoms with Crippen LogP contribution < -0.4 is 5.32 Å². The second-order valence-electron chi connectivity index (χ2n) is 2.90. The summed E-state index contributed by atoms with van der Waals surface area (Å²) in [5, 5.41) is 3.20. The molecule has 1 saturated heterocycles. The summed E-state index contributed by atoms with van der Waals surface area (Å²) in [5.74, 6) is 0.947. The van der Waals surface area contributed by atoms with E-state index in [0.29, 0.717) is 5.92 Å². The Morgan fingerprint density at radius 2 is 2.33 bits per heavy atom. The Balaban J connectivity index is 2.31. The van der Waals surface area contributed by atoms with E-state index in [1.54, 1.807) is 0 Å². The summed E-state index contributed by atoms with van der Waals surface area (Å²) in [6.07, 6.45) is 2.12. The maximum Gasteiger partial charge on any atom is 0.124 e. The first kappa shape index (κ1) is 6.75. The van der Waals surface area contributed by atoms with Gasteiger partial charge in [0.05, 0.1) is 0 Å². The van der Waals surface area contributed by atoms with Crippen LogP contribution in [0.1, 0.15) is 13.3 Å². The second kappa shape index (κ2) is 2.97. The van der Waals surface area contributed by atoms with Gasteiger partial charge in [-0.3, -0.25) is 0 Å². The van der Waals surface area contributed by atoms with E-state index in [0.717, 1.165) is 25.8 Å². The average molecular weight is 127 g/mol. The molecule has 2 atom stereocenters. The van der Waals surface area contributed by atoms with Gasteiger partial charge in [-0.2, -0.15) is 0 Å². The summed E-state index contributed by atoms with van der Waals surface area (Å²) >= 11 is 0. The highest BCUT2D eigenvalue weighted by Crippen LogP contribution is 2.12. The number of aldehydes is 1. The Morgan fingerprint density at radius 3 is 2.78 bits per heavy atom. The molecule has 0 aromatic heterocycles. The molecule has 2 nitrogen and oxygen atoms in total. The summed E-state index contributed by atoms with van der Waals surface area (Å²) in [6.45, 7) is 4.13. The molecule has 1 fully saturated rings. The minimum Gasteiger partial charge on any atom is -0.316 e. The van der Waals surface area contributed by atoms with Crippen LogP contribution in [0, 0.1) is 11.8 Å². The number of rotatable bonds is 1. The molecule has 1 aliphatic heterocycles. The summed E-state index contributed by atoms with van der Waals surface area (Å²) < 4.78 is 0. The van der Waals surface area contributed by atoms with Gasteiger partial charge < -0.3 is 10.1 Å². The predicted octanol–water partition coefficient (Wildman–Crippen LogP) is 0.431. The van der Waals surface area contributed by atoms with E-state index in [9.17, 15) is 4.79 Å². The smallest absolute Gasteiger partial charge is 0.124 e. The van der Waals surface area contributed by atoms with Crippen molar-refractivity contribution in [2.45, 2.75) is 13.3 Å². The second-order valence-corrected chi connectivity index (χ2v) is 2.90. The van der Waals surface area contributed by atoms with E-state index < -0.39 is 0 Å². The molecule has 2 unspecified atom stereocenters. The van der Waals surface area contributed by atoms with Crippen molar-refractivity contribution in [1.82, 2.24) is 5.32 Å². The van der Waals surface area contributed by atoms with Gasteiger partial charge in [0.1, 0.15) is 6.29 Å². The van der Waals surface area contributed by atoms with Crippen LogP contribution >= 0.6 is 0 Å². The van der Waals surface area contributed by atoms with Crippen LogP contribution in [-0.2, 0) is 4.79 Å². The topological polar surface area (TPSA) is 29.1 Å². The van der Waals surface area contributed by atoms with Crippen molar-refractivity contribution in [3.63, 3.8) is 0 Å². The van der Waals surface area contributed by atoms with E-state index >= 15 is 0 Å². The molecular formula is C7H13NO. The minimum atomic E-state index is 0.272. The lowest BCUT2D eigenvalue weighted by molar-refractivity contribution is -0.111. The number of piperidine rings is 1. The van der Waals surface area contributed by atoms with Gasteiger partial charge in [-0.25, -0.2) is 0 Å². The lowest BCUT2D eigenvalue weighted by atomic mass is 9.93. The third-order valence-corrected chi connectivity index (χ3v) is 1.80. The van der Waals surface area contributed by atoms with E-state index in [-0.39, 0.29) is 5.92 Å². The van der Waals surface area contributed by atoms with Crippen molar-refractivity contribution in [2.75, 3.05) is 13.1 Å². The molecule has 0 aromatic carbocycles. The van der Waals surface area contributed by atoms with Gasteiger partial charge in [0.2, 0.25) is 0 Å². The highest BCUT2D eigenvalue weighted by atomic mass is 16.1. The van der Waals surface area contributed by atoms with Crippen LogP contribution in [0.15, 0.2) is 0 Å². The van der Waals surface area contributed by atoms with Crippen LogP contribution in [0.3, 0.4) is 0 Å². The largest absolute Gasteiger partial charge is 0.316 e. The zero-order chi connectivity index (χ0) is 6.69. The van der Waals surface area contributed by atoms with Gasteiger partial charge in [-0.05, 0) is 18.9 Å². The van der Waals surface area contributed by atoms with E-state index in [4.69, 9.17) is 0 Å². The molecule has 0 aromatic rings. The number of hydrogen-bond donors (Lipinski definition) is 1. The maximum absolute atomic E-state index is 10.3. The van der Waals surface area contributed by atoms with Gasteiger partial charge in [-0.15, -0.1) is 0 Å². The van der Waals surface area contributed by atoms with Crippen LogP contribution in [0.2, 0.25) is 0 Å². The summed E-state index contributed by atoms with van der Waals surface area (Å²) in [7, 11) is 0. The van der Waals surface area contributed by atoms with Crippen molar-refractivity contribution in [1.29, 1.82) is 0 Å². The Morgan fingerprint density at radius 1 is 1.56 bits per heavy atom. The molecule has 1 N–H and O–H groups in total. The van der Waals surface area contributed by atoms with Gasteiger partial charge in [-0.1, -0.05) is 6.92 Å². The molecule has 1 aliphatic rings. The fourth-order valence-electron chi connectivity index (χ4n) is 1.30. The molecule has 2 heteroatoms. The molecule has 0 amide bonds. The Bertz CT molecular complexity index is 103. The molecule has 0 spiro atoms. The molecule has 0 bridgehead atoms. The highest BCUT2D eigenvalue weighted by Gasteiger charge is 2.16. The van der Waals surface area contributed by atoms with E-state index in [2.05, 4.69) is 12.2 Å². The molecule has 0 aliphatic carbocycles. The van der Waals surface area contributed by atoms with Gasteiger partial charge in [0.15, 0.2) is 0 Å². The summed E-state index contributed by atoms with van der Waals surface area (Å²) in [4.78, 5) is 10.3. The van der Waals surface area contributed by atoms with Crippen LogP contribution in [-0.4, -0.2) is 19.4 Å². The van der Waals surface area contributed by atoms with Crippen LogP contribution in [0.25, 0.3) is 0 Å². The first-order valence-electron chi connectivity index (χ1n) is 3.49. The van der Waals surface area contributed by atoms with Crippen molar-refractivity contribution < 1.29 is 4.79 Å². The Kier molecular flexibility index (Phi) is 2.22. The third kappa shape index (κ3) is 1.79. The fraction of sp³-hybridized carbons (Fsp3) is 0.857. The van der Waals surface area contributed by atoms with Crippen molar-refractivity contribution in [3.05, 3.63) is 0 Å². The number of carbonyl (C=O) groups is 1. The average Bonchev–Trinajstić information content (AvgIpc) is 1.88. The molecular weight excluding hydrogens is 114 g/mol. The minimum absolute atomic E-state index is 0.272. The predicted molar refractivity (Wildman–Crippen MR) is 36.2 cm³/mol. The van der Waals surface area contributed by atoms with Gasteiger partial charge in [0, 0.05) is 12.5 Å². The zero-order valence-electron chi connectivity index (χ0n) is 5.76. The first-order valence-corrected chi connectivity index (χ1v) is 3.49. The SMILES string of the molecule is CC1CNCC(C=O)C1. The zero-order valence-corrected chi connectivity index (χ0v) is 5.76. The molecule has 52 valence electrons. The normalized spacial score (nSPS) is 36.1. The quantitative estimate of drug-likeness (QED) is 0.517. The first-order chi connectivity index (χ1) is 4.33. The summed E-state index contributed by atoms with van der Waals surface area (Å²) in [6, 6.07) is 0. The van der Waals surface area contributed by atoms with Crippen molar-refractivity contribution in [3.8, 4) is 0 Å². The van der Waals surface area contributed by atoms with E-state index in [1.165, 1.54) is 0 Å². The molecule has 9 heavy (non-hydrogen) atoms. The molecule has 0 saturated carbocycles. The van der Waals surface area contributed by atoms with Gasteiger partial charge in [0.25, 0.3) is 0 Å². The van der Waals surface area contributed by atoms with Crippen molar-refractivity contribution >= 4 is 6.29 Å². The summed E-state index contributed by atoms with van der Waals surface area (Å²) in [5.41, 5.74) is 0. The lowest BCUT2D eigenvalue weighted by Gasteiger charge is -2.23. The van der Waals surface area contributed by atoms with E-state index in [1.807, 2.05) is 0 Å². The third-order valence-electron chi connectivity index (χ3n) is 1.80. The van der Waals surface area contributed by atoms with Gasteiger partial charge >= 0.3 is 0 Å². The Labute approximate surface area is 55.6 Å². The monoisotopic (exact) mass is 127 g/mol.